The molecule has 26 heavy (non-hydrogen) atoms. The van der Waals surface area contributed by atoms with Crippen molar-refractivity contribution in [3.8, 4) is 0 Å². The van der Waals surface area contributed by atoms with E-state index in [-0.39, 0.29) is 14.9 Å². The maximum atomic E-state index is 6.63. The fourth-order valence-corrected chi connectivity index (χ4v) is 20.7. The van der Waals surface area contributed by atoms with Crippen LogP contribution in [0.2, 0.25) is 65.0 Å². The predicted molar refractivity (Wildman–Crippen MR) is 125 cm³/mol. The Bertz CT molecular complexity index is 356. The molecule has 0 radical (unpaired) electrons. The summed E-state index contributed by atoms with van der Waals surface area (Å²) in [4.78, 5) is 0. The summed E-state index contributed by atoms with van der Waals surface area (Å²) in [6.45, 7) is 21.8. The third kappa shape index (κ3) is 18.1. The van der Waals surface area contributed by atoms with Crippen molar-refractivity contribution in [1.82, 2.24) is 0 Å². The summed E-state index contributed by atoms with van der Waals surface area (Å²) in [6, 6.07) is 0.940. The summed E-state index contributed by atoms with van der Waals surface area (Å²) in [7, 11) is -6.09. The third-order valence-corrected chi connectivity index (χ3v) is 16.4. The Hall–Kier alpha value is 0.668. The zero-order valence-corrected chi connectivity index (χ0v) is 21.6. The van der Waals surface area contributed by atoms with Crippen LogP contribution < -0.4 is 0 Å². The van der Waals surface area contributed by atoms with E-state index in [4.69, 9.17) is 21.8 Å². The van der Waals surface area contributed by atoms with Crippen molar-refractivity contribution in [1.29, 1.82) is 0 Å². The Labute approximate surface area is 168 Å². The molecule has 0 aliphatic carbocycles. The molecule has 9 heteroatoms. The van der Waals surface area contributed by atoms with E-state index in [2.05, 4.69) is 58.9 Å². The molecule has 0 N–H and O–H groups in total. The van der Waals surface area contributed by atoms with E-state index < -0.39 is 33.8 Å². The summed E-state index contributed by atoms with van der Waals surface area (Å²) >= 11 is 0. The van der Waals surface area contributed by atoms with Crippen molar-refractivity contribution >= 4 is 33.8 Å². The molecule has 0 heterocycles. The Morgan fingerprint density at radius 3 is 1.54 bits per heavy atom. The normalized spacial score (nSPS) is 15.0. The third-order valence-electron chi connectivity index (χ3n) is 2.89. The first-order valence-electron chi connectivity index (χ1n) is 8.85. The monoisotopic (exact) mass is 444 g/mol. The molecule has 1 atom stereocenters. The molecule has 0 aromatic heterocycles. The zero-order valence-electron chi connectivity index (χ0n) is 17.6. The molecule has 0 fully saturated rings. The molecule has 162 valence electrons. The summed E-state index contributed by atoms with van der Waals surface area (Å²) in [5.41, 5.74) is 0. The summed E-state index contributed by atoms with van der Waals surface area (Å²) < 4.78 is 30.1. The molecule has 0 amide bonds. The second kappa shape index (κ2) is 13.0. The standard InChI is InChI=1S/C15H40O5Si4.2CH4/c1-16-13-14-17-12-11-15-24(10,19-22(5,6)7)20-23(8,9)18-21(2,3)4;;/h11-15H2,1-10H3;2*1H4. The predicted octanol–water partition coefficient (Wildman–Crippen LogP) is 5.81. The van der Waals surface area contributed by atoms with E-state index >= 15 is 0 Å². The van der Waals surface area contributed by atoms with E-state index in [0.717, 1.165) is 19.1 Å². The Morgan fingerprint density at radius 2 is 1.12 bits per heavy atom. The van der Waals surface area contributed by atoms with Crippen LogP contribution in [-0.2, 0) is 21.8 Å². The zero-order chi connectivity index (χ0) is 19.1. The minimum Gasteiger partial charge on any atom is -0.437 e. The molecule has 1 unspecified atom stereocenters. The van der Waals surface area contributed by atoms with Gasteiger partial charge in [0.05, 0.1) is 13.2 Å². The molecule has 0 rings (SSSR count). The Morgan fingerprint density at radius 1 is 0.615 bits per heavy atom. The number of hydrogen-bond donors (Lipinski definition) is 0. The molecular formula is C17H48O5Si4. The van der Waals surface area contributed by atoms with Gasteiger partial charge in [-0.3, -0.25) is 0 Å². The van der Waals surface area contributed by atoms with Gasteiger partial charge in [-0.15, -0.1) is 0 Å². The SMILES string of the molecule is C.C.COCCOCCC[Si](C)(O[Si](C)(C)C)O[Si](C)(C)O[Si](C)(C)C. The molecule has 5 nitrogen and oxygen atoms in total. The summed E-state index contributed by atoms with van der Waals surface area (Å²) in [5, 5.41) is 0. The molecule has 0 saturated carbocycles. The topological polar surface area (TPSA) is 46.2 Å². The van der Waals surface area contributed by atoms with Gasteiger partial charge in [0.25, 0.3) is 0 Å². The van der Waals surface area contributed by atoms with Crippen LogP contribution >= 0.6 is 0 Å². The maximum absolute atomic E-state index is 6.63. The van der Waals surface area contributed by atoms with E-state index in [0.29, 0.717) is 13.2 Å². The second-order valence-corrected chi connectivity index (χ2v) is 25.2. The van der Waals surface area contributed by atoms with E-state index in [9.17, 15) is 0 Å². The van der Waals surface area contributed by atoms with Gasteiger partial charge < -0.3 is 21.8 Å². The van der Waals surface area contributed by atoms with Crippen molar-refractivity contribution in [2.45, 2.75) is 86.2 Å². The molecule has 0 aliphatic rings. The summed E-state index contributed by atoms with van der Waals surface area (Å²) in [5.74, 6) is 0. The van der Waals surface area contributed by atoms with Crippen molar-refractivity contribution in [2.24, 2.45) is 0 Å². The van der Waals surface area contributed by atoms with Crippen molar-refractivity contribution in [3.05, 3.63) is 0 Å². The number of hydrogen-bond acceptors (Lipinski definition) is 5. The first-order valence-corrected chi connectivity index (χ1v) is 21.0. The molecule has 0 bridgehead atoms. The van der Waals surface area contributed by atoms with Gasteiger partial charge >= 0.3 is 17.1 Å². The van der Waals surface area contributed by atoms with E-state index in [1.165, 1.54) is 0 Å². The lowest BCUT2D eigenvalue weighted by atomic mass is 10.5. The number of methoxy groups -OCH3 is 1. The average Bonchev–Trinajstić information content (AvgIpc) is 2.26. The molecule has 0 aliphatic heterocycles. The van der Waals surface area contributed by atoms with Gasteiger partial charge in [0, 0.05) is 13.7 Å². The molecule has 0 aromatic carbocycles. The second-order valence-electron chi connectivity index (χ2n) is 8.77. The van der Waals surface area contributed by atoms with Crippen LogP contribution in [0.3, 0.4) is 0 Å². The van der Waals surface area contributed by atoms with Gasteiger partial charge in [-0.2, -0.15) is 0 Å². The van der Waals surface area contributed by atoms with Crippen molar-refractivity contribution < 1.29 is 21.8 Å². The maximum Gasteiger partial charge on any atom is 0.315 e. The van der Waals surface area contributed by atoms with Crippen LogP contribution in [0.15, 0.2) is 0 Å². The highest BCUT2D eigenvalue weighted by Crippen LogP contribution is 2.27. The number of rotatable bonds is 13. The Kier molecular flexibility index (Phi) is 15.7. The molecule has 0 aromatic rings. The first kappa shape index (κ1) is 31.4. The van der Waals surface area contributed by atoms with Gasteiger partial charge in [-0.25, -0.2) is 0 Å². The van der Waals surface area contributed by atoms with Crippen LogP contribution in [0.5, 0.6) is 0 Å². The van der Waals surface area contributed by atoms with Crippen LogP contribution in [0.1, 0.15) is 21.3 Å². The number of ether oxygens (including phenoxy) is 2. The minimum atomic E-state index is -2.28. The van der Waals surface area contributed by atoms with E-state index in [1.54, 1.807) is 7.11 Å². The molecular weight excluding hydrogens is 397 g/mol. The Balaban J connectivity index is -0.00000264. The highest BCUT2D eigenvalue weighted by Gasteiger charge is 2.44. The van der Waals surface area contributed by atoms with Gasteiger partial charge in [-0.05, 0) is 71.4 Å². The van der Waals surface area contributed by atoms with Gasteiger partial charge in [0.15, 0.2) is 16.6 Å². The summed E-state index contributed by atoms with van der Waals surface area (Å²) in [6.07, 6.45) is 0.953. The fourth-order valence-electron chi connectivity index (χ4n) is 2.79. The molecule has 0 saturated heterocycles. The lowest BCUT2D eigenvalue weighted by Crippen LogP contribution is -2.56. The highest BCUT2D eigenvalue weighted by atomic mass is 28.5. The molecule has 0 spiro atoms. The van der Waals surface area contributed by atoms with Gasteiger partial charge in [0.1, 0.15) is 0 Å². The van der Waals surface area contributed by atoms with Crippen LogP contribution in [0.4, 0.5) is 0 Å². The van der Waals surface area contributed by atoms with Gasteiger partial charge in [-0.1, -0.05) is 14.9 Å². The van der Waals surface area contributed by atoms with Crippen LogP contribution in [0, 0.1) is 0 Å². The van der Waals surface area contributed by atoms with E-state index in [1.807, 2.05) is 0 Å². The quantitative estimate of drug-likeness (QED) is 0.265. The smallest absolute Gasteiger partial charge is 0.315 e. The minimum absolute atomic E-state index is 0. The first-order chi connectivity index (χ1) is 10.7. The van der Waals surface area contributed by atoms with Crippen LogP contribution in [0.25, 0.3) is 0 Å². The van der Waals surface area contributed by atoms with Crippen LogP contribution in [-0.4, -0.2) is 60.7 Å². The van der Waals surface area contributed by atoms with Crippen molar-refractivity contribution in [2.75, 3.05) is 26.9 Å². The lowest BCUT2D eigenvalue weighted by Gasteiger charge is -2.41. The average molecular weight is 445 g/mol. The lowest BCUT2D eigenvalue weighted by molar-refractivity contribution is 0.0703. The largest absolute Gasteiger partial charge is 0.437 e. The van der Waals surface area contributed by atoms with Gasteiger partial charge in [0.2, 0.25) is 0 Å². The highest BCUT2D eigenvalue weighted by molar-refractivity contribution is 6.89. The fraction of sp³-hybridized carbons (Fsp3) is 1.00. The van der Waals surface area contributed by atoms with Crippen molar-refractivity contribution in [3.63, 3.8) is 0 Å².